The summed E-state index contributed by atoms with van der Waals surface area (Å²) in [6.45, 7) is 1.75. The summed E-state index contributed by atoms with van der Waals surface area (Å²) < 4.78 is 0. The van der Waals surface area contributed by atoms with E-state index >= 15 is 0 Å². The van der Waals surface area contributed by atoms with Gasteiger partial charge in [0.15, 0.2) is 0 Å². The second-order valence-corrected chi connectivity index (χ2v) is 6.65. The van der Waals surface area contributed by atoms with Crippen LogP contribution in [0.2, 0.25) is 10.0 Å². The van der Waals surface area contributed by atoms with Gasteiger partial charge in [-0.15, -0.1) is 11.8 Å². The van der Waals surface area contributed by atoms with Crippen molar-refractivity contribution < 1.29 is 4.79 Å². The minimum Gasteiger partial charge on any atom is -0.368 e. The summed E-state index contributed by atoms with van der Waals surface area (Å²) in [7, 11) is 0. The summed E-state index contributed by atoms with van der Waals surface area (Å²) in [5, 5.41) is 3.08. The topological polar surface area (TPSA) is 120 Å². The van der Waals surface area contributed by atoms with Gasteiger partial charge >= 0.3 is 0 Å². The van der Waals surface area contributed by atoms with E-state index < -0.39 is 0 Å². The summed E-state index contributed by atoms with van der Waals surface area (Å²) in [6.07, 6.45) is 0. The average molecular weight is 373 g/mol. The molecule has 1 atom stereocenters. The first-order valence-electron chi connectivity index (χ1n) is 6.49. The molecule has 2 aromatic rings. The number of carbonyl (C=O) groups is 1. The van der Waals surface area contributed by atoms with E-state index in [1.807, 2.05) is 0 Å². The molecule has 5 N–H and O–H groups in total. The number of hydrogen-bond acceptors (Lipinski definition) is 7. The zero-order valence-corrected chi connectivity index (χ0v) is 14.4. The monoisotopic (exact) mass is 372 g/mol. The molecule has 1 aromatic heterocycles. The Labute approximate surface area is 147 Å². The number of thioether (sulfide) groups is 1. The van der Waals surface area contributed by atoms with Crippen molar-refractivity contribution in [1.82, 2.24) is 15.0 Å². The first-order chi connectivity index (χ1) is 10.9. The molecule has 1 heterocycles. The van der Waals surface area contributed by atoms with Crippen LogP contribution in [0.5, 0.6) is 0 Å². The van der Waals surface area contributed by atoms with Gasteiger partial charge in [-0.25, -0.2) is 0 Å². The van der Waals surface area contributed by atoms with Crippen LogP contribution >= 0.6 is 35.0 Å². The molecule has 0 aliphatic carbocycles. The van der Waals surface area contributed by atoms with E-state index in [4.69, 9.17) is 34.7 Å². The highest BCUT2D eigenvalue weighted by Crippen LogP contribution is 2.30. The number of benzene rings is 1. The highest BCUT2D eigenvalue weighted by atomic mass is 35.5. The lowest BCUT2D eigenvalue weighted by Gasteiger charge is -2.13. The number of nitrogens with zero attached hydrogens (tertiary/aromatic N) is 3. The number of halogens is 2. The van der Waals surface area contributed by atoms with Crippen molar-refractivity contribution in [2.45, 2.75) is 17.9 Å². The molecule has 1 amide bonds. The fraction of sp³-hybridized carbons (Fsp3) is 0.231. The summed E-state index contributed by atoms with van der Waals surface area (Å²) in [5.41, 5.74) is 11.4. The number of carbonyl (C=O) groups excluding carboxylic acids is 1. The van der Waals surface area contributed by atoms with E-state index in [0.29, 0.717) is 27.3 Å². The first-order valence-corrected chi connectivity index (χ1v) is 8.29. The number of nitrogens with two attached hydrogens (primary N) is 2. The van der Waals surface area contributed by atoms with Crippen LogP contribution in [-0.4, -0.2) is 26.1 Å². The second-order valence-electron chi connectivity index (χ2n) is 4.51. The van der Waals surface area contributed by atoms with E-state index in [2.05, 4.69) is 20.3 Å². The Morgan fingerprint density at radius 3 is 2.35 bits per heavy atom. The Hall–Kier alpha value is -1.77. The Morgan fingerprint density at radius 2 is 1.78 bits per heavy atom. The molecule has 2 rings (SSSR count). The summed E-state index contributed by atoms with van der Waals surface area (Å²) in [5.74, 6) is 0.637. The fourth-order valence-electron chi connectivity index (χ4n) is 1.64. The van der Waals surface area contributed by atoms with E-state index in [0.717, 1.165) is 0 Å². The van der Waals surface area contributed by atoms with Crippen molar-refractivity contribution in [2.24, 2.45) is 0 Å². The van der Waals surface area contributed by atoms with Crippen LogP contribution in [0.1, 0.15) is 12.7 Å². The van der Waals surface area contributed by atoms with Crippen molar-refractivity contribution in [1.29, 1.82) is 0 Å². The zero-order chi connectivity index (χ0) is 17.0. The van der Waals surface area contributed by atoms with Gasteiger partial charge in [-0.2, -0.15) is 15.0 Å². The van der Waals surface area contributed by atoms with Gasteiger partial charge in [0.2, 0.25) is 17.8 Å². The van der Waals surface area contributed by atoms with E-state index in [-0.39, 0.29) is 23.1 Å². The van der Waals surface area contributed by atoms with E-state index in [1.54, 1.807) is 25.1 Å². The van der Waals surface area contributed by atoms with Crippen molar-refractivity contribution in [2.75, 3.05) is 16.8 Å². The average Bonchev–Trinajstić information content (AvgIpc) is 2.47. The number of hydrogen-bond donors (Lipinski definition) is 3. The van der Waals surface area contributed by atoms with Gasteiger partial charge in [-0.3, -0.25) is 4.79 Å². The Morgan fingerprint density at radius 1 is 1.22 bits per heavy atom. The molecule has 0 radical (unpaired) electrons. The predicted octanol–water partition coefficient (Wildman–Crippen LogP) is 2.60. The molecule has 0 spiro atoms. The minimum atomic E-state index is -0.387. The quantitative estimate of drug-likeness (QED) is 0.737. The largest absolute Gasteiger partial charge is 0.368 e. The third-order valence-corrected chi connectivity index (χ3v) is 4.53. The van der Waals surface area contributed by atoms with Gasteiger partial charge in [0.1, 0.15) is 5.82 Å². The molecule has 0 aliphatic heterocycles. The number of aromatic nitrogens is 3. The molecule has 0 bridgehead atoms. The maximum atomic E-state index is 12.2. The number of amides is 1. The van der Waals surface area contributed by atoms with Gasteiger partial charge in [0.05, 0.1) is 26.7 Å². The van der Waals surface area contributed by atoms with Crippen LogP contribution in [0.3, 0.4) is 0 Å². The van der Waals surface area contributed by atoms with Gasteiger partial charge < -0.3 is 16.8 Å². The van der Waals surface area contributed by atoms with E-state index in [1.165, 1.54) is 11.8 Å². The fourth-order valence-corrected chi connectivity index (χ4v) is 2.87. The molecule has 0 fully saturated rings. The van der Waals surface area contributed by atoms with Crippen molar-refractivity contribution in [3.05, 3.63) is 34.1 Å². The number of para-hydroxylation sites is 1. The molecule has 122 valence electrons. The van der Waals surface area contributed by atoms with Crippen LogP contribution < -0.4 is 16.8 Å². The zero-order valence-electron chi connectivity index (χ0n) is 12.1. The van der Waals surface area contributed by atoms with E-state index in [9.17, 15) is 4.79 Å². The smallest absolute Gasteiger partial charge is 0.237 e. The maximum Gasteiger partial charge on any atom is 0.237 e. The third-order valence-electron chi connectivity index (χ3n) is 2.76. The third kappa shape index (κ3) is 4.85. The van der Waals surface area contributed by atoms with Crippen molar-refractivity contribution >= 4 is 58.5 Å². The Kier molecular flexibility index (Phi) is 5.86. The summed E-state index contributed by atoms with van der Waals surface area (Å²) in [4.78, 5) is 23.8. The standard InChI is InChI=1S/C13H14Cl2N6OS/c1-6(23-5-9-18-12(16)21-13(17)19-9)11(22)20-10-7(14)3-2-4-8(10)15/h2-4,6H,5H2,1H3,(H,20,22)(H4,16,17,18,19,21). The van der Waals surface area contributed by atoms with Crippen LogP contribution in [0.15, 0.2) is 18.2 Å². The lowest BCUT2D eigenvalue weighted by molar-refractivity contribution is -0.115. The molecular weight excluding hydrogens is 359 g/mol. The highest BCUT2D eigenvalue weighted by molar-refractivity contribution is 7.99. The lowest BCUT2D eigenvalue weighted by Crippen LogP contribution is -2.23. The maximum absolute atomic E-state index is 12.2. The molecule has 0 aliphatic rings. The Balaban J connectivity index is 1.97. The number of nitrogens with one attached hydrogen (secondary N) is 1. The number of nitrogen functional groups attached to an aromatic ring is 2. The molecule has 0 saturated heterocycles. The molecule has 0 saturated carbocycles. The minimum absolute atomic E-state index is 0.0491. The van der Waals surface area contributed by atoms with Crippen LogP contribution in [0.4, 0.5) is 17.6 Å². The molecule has 10 heteroatoms. The molecule has 7 nitrogen and oxygen atoms in total. The van der Waals surface area contributed by atoms with Gasteiger partial charge in [-0.1, -0.05) is 29.3 Å². The Bertz CT molecular complexity index is 689. The molecule has 1 aromatic carbocycles. The van der Waals surface area contributed by atoms with Crippen molar-refractivity contribution in [3.8, 4) is 0 Å². The number of rotatable bonds is 5. The lowest BCUT2D eigenvalue weighted by atomic mass is 10.3. The predicted molar refractivity (Wildman–Crippen MR) is 94.5 cm³/mol. The summed E-state index contributed by atoms with van der Waals surface area (Å²) in [6, 6.07) is 5.00. The van der Waals surface area contributed by atoms with Gasteiger partial charge in [-0.05, 0) is 19.1 Å². The highest BCUT2D eigenvalue weighted by Gasteiger charge is 2.17. The normalized spacial score (nSPS) is 12.0. The second kappa shape index (κ2) is 7.67. The SMILES string of the molecule is CC(SCc1nc(N)nc(N)n1)C(=O)Nc1c(Cl)cccc1Cl. The van der Waals surface area contributed by atoms with Crippen LogP contribution in [0, 0.1) is 0 Å². The first kappa shape index (κ1) is 17.6. The molecule has 23 heavy (non-hydrogen) atoms. The molecular formula is C13H14Cl2N6OS. The summed E-state index contributed by atoms with van der Waals surface area (Å²) >= 11 is 13.4. The number of anilines is 3. The van der Waals surface area contributed by atoms with Gasteiger partial charge in [0, 0.05) is 0 Å². The van der Waals surface area contributed by atoms with Crippen molar-refractivity contribution in [3.63, 3.8) is 0 Å². The van der Waals surface area contributed by atoms with Gasteiger partial charge in [0.25, 0.3) is 0 Å². The van der Waals surface area contributed by atoms with Crippen LogP contribution in [0.25, 0.3) is 0 Å². The van der Waals surface area contributed by atoms with Crippen LogP contribution in [-0.2, 0) is 10.5 Å². The molecule has 1 unspecified atom stereocenters.